The third-order valence-electron chi connectivity index (χ3n) is 3.13. The van der Waals surface area contributed by atoms with Crippen LogP contribution in [0.4, 0.5) is 0 Å². The summed E-state index contributed by atoms with van der Waals surface area (Å²) >= 11 is 0. The van der Waals surface area contributed by atoms with Crippen LogP contribution in [0.15, 0.2) is 39.9 Å². The number of hydrogen-bond acceptors (Lipinski definition) is 4. The number of nitrogens with zero attached hydrogens (tertiary/aromatic N) is 1. The van der Waals surface area contributed by atoms with Gasteiger partial charge in [-0.1, -0.05) is 12.1 Å². The molecule has 0 atom stereocenters. The maximum atomic E-state index is 5.40. The fourth-order valence-corrected chi connectivity index (χ4v) is 2.10. The minimum atomic E-state index is 0.766. The number of guanidine groups is 1. The van der Waals surface area contributed by atoms with Crippen LogP contribution in [0.3, 0.4) is 0 Å². The Bertz CT molecular complexity index is 559. The first-order valence-corrected chi connectivity index (χ1v) is 6.40. The molecule has 0 aliphatic carbocycles. The molecule has 1 aromatic heterocycles. The van der Waals surface area contributed by atoms with Crippen LogP contribution in [-0.4, -0.2) is 19.0 Å². The predicted molar refractivity (Wildman–Crippen MR) is 72.6 cm³/mol. The standard InChI is InChI=1S/C14H17N3O/c1-2-7-16-14(15-6-1)17-10-11-3-4-12-5-8-18-13(12)9-11/h3-5,8-9H,1-2,6-7,10H2,(H2,15,16,17). The molecule has 2 heterocycles. The van der Waals surface area contributed by atoms with E-state index in [9.17, 15) is 0 Å². The van der Waals surface area contributed by atoms with Crippen LogP contribution >= 0.6 is 0 Å². The lowest BCUT2D eigenvalue weighted by Crippen LogP contribution is -2.36. The van der Waals surface area contributed by atoms with Crippen LogP contribution in [0, 0.1) is 0 Å². The number of aliphatic imine (C=N–C) groups is 1. The van der Waals surface area contributed by atoms with Crippen molar-refractivity contribution in [1.29, 1.82) is 0 Å². The number of rotatable bonds is 2. The van der Waals surface area contributed by atoms with Gasteiger partial charge in [0.15, 0.2) is 5.96 Å². The lowest BCUT2D eigenvalue weighted by molar-refractivity contribution is 0.615. The van der Waals surface area contributed by atoms with Crippen LogP contribution < -0.4 is 10.6 Å². The molecule has 18 heavy (non-hydrogen) atoms. The van der Waals surface area contributed by atoms with Gasteiger partial charge in [0.25, 0.3) is 0 Å². The predicted octanol–water partition coefficient (Wildman–Crippen LogP) is 2.26. The van der Waals surface area contributed by atoms with Gasteiger partial charge in [0, 0.05) is 25.0 Å². The van der Waals surface area contributed by atoms with E-state index in [0.717, 1.165) is 43.0 Å². The van der Waals surface area contributed by atoms with Crippen LogP contribution in [0.25, 0.3) is 11.0 Å². The Balaban J connectivity index is 1.66. The molecule has 94 valence electrons. The average Bonchev–Trinajstić information content (AvgIpc) is 2.70. The van der Waals surface area contributed by atoms with E-state index in [1.54, 1.807) is 6.26 Å². The van der Waals surface area contributed by atoms with Crippen molar-refractivity contribution < 1.29 is 4.42 Å². The summed E-state index contributed by atoms with van der Waals surface area (Å²) in [6.07, 6.45) is 4.07. The van der Waals surface area contributed by atoms with Crippen molar-refractivity contribution in [3.8, 4) is 0 Å². The fraction of sp³-hybridized carbons (Fsp3) is 0.357. The molecular formula is C14H17N3O. The van der Waals surface area contributed by atoms with E-state index in [1.165, 1.54) is 12.0 Å². The Kier molecular flexibility index (Phi) is 3.17. The zero-order valence-corrected chi connectivity index (χ0v) is 10.3. The number of nitrogens with one attached hydrogen (secondary N) is 2. The van der Waals surface area contributed by atoms with Gasteiger partial charge in [-0.15, -0.1) is 0 Å². The van der Waals surface area contributed by atoms with Gasteiger partial charge < -0.3 is 15.1 Å². The third kappa shape index (κ3) is 2.47. The summed E-state index contributed by atoms with van der Waals surface area (Å²) in [5.74, 6) is 0.909. The maximum Gasteiger partial charge on any atom is 0.191 e. The second kappa shape index (κ2) is 5.12. The van der Waals surface area contributed by atoms with E-state index in [4.69, 9.17) is 4.42 Å². The highest BCUT2D eigenvalue weighted by atomic mass is 16.3. The molecule has 0 spiro atoms. The van der Waals surface area contributed by atoms with E-state index >= 15 is 0 Å². The third-order valence-corrected chi connectivity index (χ3v) is 3.13. The molecule has 4 nitrogen and oxygen atoms in total. The Labute approximate surface area is 106 Å². The van der Waals surface area contributed by atoms with Crippen molar-refractivity contribution >= 4 is 16.9 Å². The van der Waals surface area contributed by atoms with Crippen molar-refractivity contribution in [2.45, 2.75) is 19.4 Å². The Morgan fingerprint density at radius 3 is 3.28 bits per heavy atom. The van der Waals surface area contributed by atoms with Gasteiger partial charge in [-0.2, -0.15) is 0 Å². The van der Waals surface area contributed by atoms with Gasteiger partial charge >= 0.3 is 0 Å². The zero-order valence-electron chi connectivity index (χ0n) is 10.3. The number of fused-ring (bicyclic) bond motifs is 1. The topological polar surface area (TPSA) is 49.6 Å². The molecule has 1 aliphatic heterocycles. The normalized spacial score (nSPS) is 15.9. The summed E-state index contributed by atoms with van der Waals surface area (Å²) in [6.45, 7) is 2.68. The molecule has 0 saturated carbocycles. The van der Waals surface area contributed by atoms with Crippen molar-refractivity contribution in [3.05, 3.63) is 36.1 Å². The number of hydrogen-bond donors (Lipinski definition) is 2. The summed E-state index contributed by atoms with van der Waals surface area (Å²) in [4.78, 5) is 4.46. The SMILES string of the molecule is c1cc2ccc(CNC3=NCCCCN3)cc2o1. The van der Waals surface area contributed by atoms with E-state index < -0.39 is 0 Å². The average molecular weight is 243 g/mol. The van der Waals surface area contributed by atoms with Crippen molar-refractivity contribution in [2.75, 3.05) is 13.1 Å². The monoisotopic (exact) mass is 243 g/mol. The highest BCUT2D eigenvalue weighted by molar-refractivity contribution is 5.80. The molecule has 0 saturated heterocycles. The van der Waals surface area contributed by atoms with Crippen molar-refractivity contribution in [1.82, 2.24) is 10.6 Å². The van der Waals surface area contributed by atoms with E-state index in [1.807, 2.05) is 6.07 Å². The van der Waals surface area contributed by atoms with E-state index in [2.05, 4.69) is 33.8 Å². The van der Waals surface area contributed by atoms with Gasteiger partial charge in [-0.3, -0.25) is 4.99 Å². The first kappa shape index (κ1) is 11.1. The van der Waals surface area contributed by atoms with Crippen LogP contribution in [0.5, 0.6) is 0 Å². The summed E-state index contributed by atoms with van der Waals surface area (Å²) in [5.41, 5.74) is 2.14. The van der Waals surface area contributed by atoms with Crippen molar-refractivity contribution in [2.24, 2.45) is 4.99 Å². The molecule has 0 radical (unpaired) electrons. The number of furan rings is 1. The lowest BCUT2D eigenvalue weighted by atomic mass is 10.2. The van der Waals surface area contributed by atoms with Gasteiger partial charge in [0.2, 0.25) is 0 Å². The highest BCUT2D eigenvalue weighted by Crippen LogP contribution is 2.16. The maximum absolute atomic E-state index is 5.40. The number of benzene rings is 1. The molecule has 3 rings (SSSR count). The molecular weight excluding hydrogens is 226 g/mol. The first-order chi connectivity index (χ1) is 8.92. The summed E-state index contributed by atoms with van der Waals surface area (Å²) < 4.78 is 5.40. The Morgan fingerprint density at radius 2 is 2.28 bits per heavy atom. The zero-order chi connectivity index (χ0) is 12.2. The molecule has 1 aliphatic rings. The Hall–Kier alpha value is -1.97. The van der Waals surface area contributed by atoms with Gasteiger partial charge in [-0.25, -0.2) is 0 Å². The summed E-state index contributed by atoms with van der Waals surface area (Å²) in [6, 6.07) is 8.24. The van der Waals surface area contributed by atoms with E-state index in [-0.39, 0.29) is 0 Å². The Morgan fingerprint density at radius 1 is 1.28 bits per heavy atom. The van der Waals surface area contributed by atoms with Crippen LogP contribution in [0.1, 0.15) is 18.4 Å². The molecule has 0 unspecified atom stereocenters. The molecule has 4 heteroatoms. The lowest BCUT2D eigenvalue weighted by Gasteiger charge is -2.09. The van der Waals surface area contributed by atoms with Gasteiger partial charge in [-0.05, 0) is 30.5 Å². The molecule has 1 aromatic carbocycles. The molecule has 0 bridgehead atoms. The summed E-state index contributed by atoms with van der Waals surface area (Å²) in [7, 11) is 0. The highest BCUT2D eigenvalue weighted by Gasteiger charge is 2.03. The fourth-order valence-electron chi connectivity index (χ4n) is 2.10. The summed E-state index contributed by atoms with van der Waals surface area (Å²) in [5, 5.41) is 7.77. The molecule has 0 fully saturated rings. The second-order valence-corrected chi connectivity index (χ2v) is 4.51. The van der Waals surface area contributed by atoms with Crippen LogP contribution in [-0.2, 0) is 6.54 Å². The van der Waals surface area contributed by atoms with Crippen molar-refractivity contribution in [3.63, 3.8) is 0 Å². The second-order valence-electron chi connectivity index (χ2n) is 4.51. The molecule has 2 aromatic rings. The quantitative estimate of drug-likeness (QED) is 0.850. The minimum Gasteiger partial charge on any atom is -0.464 e. The first-order valence-electron chi connectivity index (χ1n) is 6.40. The largest absolute Gasteiger partial charge is 0.464 e. The molecule has 2 N–H and O–H groups in total. The minimum absolute atomic E-state index is 0.766. The smallest absolute Gasteiger partial charge is 0.191 e. The van der Waals surface area contributed by atoms with Gasteiger partial charge in [0.05, 0.1) is 6.26 Å². The van der Waals surface area contributed by atoms with E-state index in [0.29, 0.717) is 0 Å². The van der Waals surface area contributed by atoms with Crippen LogP contribution in [0.2, 0.25) is 0 Å². The molecule has 0 amide bonds. The van der Waals surface area contributed by atoms with Gasteiger partial charge in [0.1, 0.15) is 5.58 Å².